The number of amidine groups is 1. The molecule has 4 heteroatoms. The highest BCUT2D eigenvalue weighted by molar-refractivity contribution is 5.97. The molecule has 16 heavy (non-hydrogen) atoms. The predicted molar refractivity (Wildman–Crippen MR) is 62.7 cm³/mol. The molecule has 2 N–H and O–H groups in total. The van der Waals surface area contributed by atoms with E-state index in [2.05, 4.69) is 5.16 Å². The van der Waals surface area contributed by atoms with Crippen molar-refractivity contribution in [3.05, 3.63) is 35.9 Å². The van der Waals surface area contributed by atoms with Gasteiger partial charge in [0.15, 0.2) is 5.84 Å². The van der Waals surface area contributed by atoms with Crippen LogP contribution in [0.15, 0.2) is 35.5 Å². The van der Waals surface area contributed by atoms with Crippen LogP contribution in [0, 0.1) is 5.41 Å². The van der Waals surface area contributed by atoms with Gasteiger partial charge in [-0.3, -0.25) is 0 Å². The molecular weight excluding hydrogens is 204 g/mol. The molecular formula is C12H16N2O2. The summed E-state index contributed by atoms with van der Waals surface area (Å²) in [5.41, 5.74) is 5.80. The van der Waals surface area contributed by atoms with Crippen LogP contribution in [0.4, 0.5) is 0 Å². The quantitative estimate of drug-likeness (QED) is 0.358. The van der Waals surface area contributed by atoms with Crippen molar-refractivity contribution in [2.24, 2.45) is 16.3 Å². The highest BCUT2D eigenvalue weighted by Crippen LogP contribution is 2.15. The number of nitrogens with two attached hydrogens (primary N) is 1. The fourth-order valence-electron chi connectivity index (χ4n) is 0.889. The topological polar surface area (TPSA) is 64.7 Å². The van der Waals surface area contributed by atoms with Gasteiger partial charge in [0.25, 0.3) is 0 Å². The largest absolute Gasteiger partial charge is 0.380 e. The van der Waals surface area contributed by atoms with Gasteiger partial charge in [-0.2, -0.15) is 0 Å². The summed E-state index contributed by atoms with van der Waals surface area (Å²) >= 11 is 0. The summed E-state index contributed by atoms with van der Waals surface area (Å²) in [5.74, 6) is -0.218. The van der Waals surface area contributed by atoms with Gasteiger partial charge in [-0.15, -0.1) is 0 Å². The summed E-state index contributed by atoms with van der Waals surface area (Å²) in [5, 5.41) is 3.61. The van der Waals surface area contributed by atoms with Crippen molar-refractivity contribution in [3.8, 4) is 0 Å². The molecule has 0 radical (unpaired) electrons. The van der Waals surface area contributed by atoms with Crippen LogP contribution in [0.2, 0.25) is 0 Å². The van der Waals surface area contributed by atoms with Gasteiger partial charge >= 0.3 is 5.97 Å². The van der Waals surface area contributed by atoms with Gasteiger partial charge in [-0.1, -0.05) is 35.5 Å². The molecule has 0 atom stereocenters. The van der Waals surface area contributed by atoms with E-state index in [1.165, 1.54) is 0 Å². The Kier molecular flexibility index (Phi) is 3.66. The molecule has 0 heterocycles. The first-order valence-electron chi connectivity index (χ1n) is 5.01. The molecule has 4 nitrogen and oxygen atoms in total. The maximum Gasteiger partial charge on any atom is 0.340 e. The minimum atomic E-state index is -0.583. The van der Waals surface area contributed by atoms with Crippen LogP contribution < -0.4 is 5.73 Å². The van der Waals surface area contributed by atoms with Gasteiger partial charge in [0.05, 0.1) is 5.41 Å². The molecule has 0 aliphatic rings. The summed E-state index contributed by atoms with van der Waals surface area (Å²) in [7, 11) is 0. The number of hydrogen-bond acceptors (Lipinski definition) is 3. The Labute approximate surface area is 95.1 Å². The van der Waals surface area contributed by atoms with E-state index in [4.69, 9.17) is 10.6 Å². The van der Waals surface area contributed by atoms with E-state index in [-0.39, 0.29) is 5.84 Å². The zero-order chi connectivity index (χ0) is 12.2. The van der Waals surface area contributed by atoms with Crippen LogP contribution in [0.1, 0.15) is 26.3 Å². The lowest BCUT2D eigenvalue weighted by Gasteiger charge is -2.13. The van der Waals surface area contributed by atoms with Crippen LogP contribution in [-0.4, -0.2) is 11.8 Å². The second-order valence-corrected chi connectivity index (χ2v) is 4.47. The minimum Gasteiger partial charge on any atom is -0.380 e. The molecule has 0 saturated heterocycles. The van der Waals surface area contributed by atoms with E-state index in [0.717, 1.165) is 5.56 Å². The van der Waals surface area contributed by atoms with Gasteiger partial charge < -0.3 is 10.6 Å². The number of carbonyl (C=O) groups is 1. The molecule has 0 aliphatic heterocycles. The summed E-state index contributed by atoms with van der Waals surface area (Å²) in [6.07, 6.45) is 0. The monoisotopic (exact) mass is 220 g/mol. The first kappa shape index (κ1) is 12.2. The second-order valence-electron chi connectivity index (χ2n) is 4.47. The van der Waals surface area contributed by atoms with Gasteiger partial charge in [0.2, 0.25) is 0 Å². The molecule has 0 saturated carbocycles. The van der Waals surface area contributed by atoms with E-state index in [0.29, 0.717) is 0 Å². The first-order valence-corrected chi connectivity index (χ1v) is 5.01. The number of rotatable bonds is 2. The van der Waals surface area contributed by atoms with Crippen molar-refractivity contribution >= 4 is 11.8 Å². The Morgan fingerprint density at radius 1 is 1.25 bits per heavy atom. The molecule has 0 amide bonds. The van der Waals surface area contributed by atoms with E-state index in [1.54, 1.807) is 32.9 Å². The van der Waals surface area contributed by atoms with E-state index < -0.39 is 11.4 Å². The smallest absolute Gasteiger partial charge is 0.340 e. The summed E-state index contributed by atoms with van der Waals surface area (Å²) in [4.78, 5) is 16.2. The van der Waals surface area contributed by atoms with Crippen molar-refractivity contribution in [1.29, 1.82) is 0 Å². The van der Waals surface area contributed by atoms with E-state index in [9.17, 15) is 4.79 Å². The number of carbonyl (C=O) groups excluding carboxylic acids is 1. The number of benzene rings is 1. The van der Waals surface area contributed by atoms with E-state index >= 15 is 0 Å². The Morgan fingerprint density at radius 3 is 2.31 bits per heavy atom. The Balaban J connectivity index is 2.70. The third-order valence-electron chi connectivity index (χ3n) is 1.91. The van der Waals surface area contributed by atoms with Crippen molar-refractivity contribution in [2.75, 3.05) is 0 Å². The maximum atomic E-state index is 11.4. The molecule has 1 aromatic carbocycles. The van der Waals surface area contributed by atoms with E-state index in [1.807, 2.05) is 18.2 Å². The van der Waals surface area contributed by atoms with Crippen molar-refractivity contribution in [3.63, 3.8) is 0 Å². The second kappa shape index (κ2) is 4.79. The molecule has 0 aromatic heterocycles. The summed E-state index contributed by atoms with van der Waals surface area (Å²) in [6, 6.07) is 9.14. The van der Waals surface area contributed by atoms with Crippen LogP contribution >= 0.6 is 0 Å². The average molecular weight is 220 g/mol. The zero-order valence-corrected chi connectivity index (χ0v) is 9.73. The van der Waals surface area contributed by atoms with Gasteiger partial charge in [0.1, 0.15) is 0 Å². The molecule has 0 fully saturated rings. The molecule has 1 rings (SSSR count). The molecule has 0 spiro atoms. The number of oxime groups is 1. The molecule has 1 aromatic rings. The lowest BCUT2D eigenvalue weighted by atomic mass is 9.98. The number of hydrogen-bond donors (Lipinski definition) is 1. The van der Waals surface area contributed by atoms with Crippen LogP contribution in [-0.2, 0) is 9.63 Å². The fourth-order valence-corrected chi connectivity index (χ4v) is 0.889. The standard InChI is InChI=1S/C12H16N2O2/c1-12(2,3)11(15)16-14-10(13)9-7-5-4-6-8-9/h4-8H,1-3H3,(H2,13,14). The molecule has 0 bridgehead atoms. The Morgan fingerprint density at radius 2 is 1.81 bits per heavy atom. The predicted octanol–water partition coefficient (Wildman–Crippen LogP) is 1.90. The Bertz CT molecular complexity index is 391. The summed E-state index contributed by atoms with van der Waals surface area (Å²) < 4.78 is 0. The number of nitrogens with zero attached hydrogens (tertiary/aromatic N) is 1. The van der Waals surface area contributed by atoms with Gasteiger partial charge in [0, 0.05) is 5.56 Å². The van der Waals surface area contributed by atoms with Crippen LogP contribution in [0.5, 0.6) is 0 Å². The third kappa shape index (κ3) is 3.38. The lowest BCUT2D eigenvalue weighted by Crippen LogP contribution is -2.23. The highest BCUT2D eigenvalue weighted by Gasteiger charge is 2.23. The zero-order valence-electron chi connectivity index (χ0n) is 9.73. The molecule has 0 aliphatic carbocycles. The lowest BCUT2D eigenvalue weighted by molar-refractivity contribution is -0.152. The molecule has 86 valence electrons. The summed E-state index contributed by atoms with van der Waals surface area (Å²) in [6.45, 7) is 5.26. The Hall–Kier alpha value is -1.84. The third-order valence-corrected chi connectivity index (χ3v) is 1.91. The average Bonchev–Trinajstić information content (AvgIpc) is 2.25. The molecule has 0 unspecified atom stereocenters. The van der Waals surface area contributed by atoms with Crippen LogP contribution in [0.25, 0.3) is 0 Å². The maximum absolute atomic E-state index is 11.4. The first-order chi connectivity index (χ1) is 7.41. The van der Waals surface area contributed by atoms with Crippen molar-refractivity contribution < 1.29 is 9.63 Å². The normalized spacial score (nSPS) is 12.3. The van der Waals surface area contributed by atoms with Crippen LogP contribution in [0.3, 0.4) is 0 Å². The SMILES string of the molecule is CC(C)(C)C(=O)ON=C(N)c1ccccc1. The van der Waals surface area contributed by atoms with Crippen molar-refractivity contribution in [1.82, 2.24) is 0 Å². The van der Waals surface area contributed by atoms with Crippen molar-refractivity contribution in [2.45, 2.75) is 20.8 Å². The van der Waals surface area contributed by atoms with Gasteiger partial charge in [-0.05, 0) is 20.8 Å². The highest BCUT2D eigenvalue weighted by atomic mass is 16.7. The van der Waals surface area contributed by atoms with Gasteiger partial charge in [-0.25, -0.2) is 4.79 Å². The fraction of sp³-hybridized carbons (Fsp3) is 0.333. The minimum absolute atomic E-state index is 0.193.